The van der Waals surface area contributed by atoms with Crippen LogP contribution in [-0.4, -0.2) is 42.6 Å². The Morgan fingerprint density at radius 1 is 1.63 bits per heavy atom. The van der Waals surface area contributed by atoms with Gasteiger partial charge in [-0.05, 0) is 47.7 Å². The Bertz CT molecular complexity index is 482. The van der Waals surface area contributed by atoms with Gasteiger partial charge < -0.3 is 15.4 Å². The van der Waals surface area contributed by atoms with Gasteiger partial charge in [-0.15, -0.1) is 0 Å². The summed E-state index contributed by atoms with van der Waals surface area (Å²) >= 11 is 8.11. The summed E-state index contributed by atoms with van der Waals surface area (Å²) in [5.41, 5.74) is 6.47. The van der Waals surface area contributed by atoms with E-state index in [1.807, 2.05) is 13.0 Å². The maximum Gasteiger partial charge on any atom is 0.255 e. The van der Waals surface area contributed by atoms with Gasteiger partial charge in [-0.3, -0.25) is 4.79 Å². The molecule has 2 atom stereocenters. The first-order chi connectivity index (χ1) is 8.99. The van der Waals surface area contributed by atoms with Gasteiger partial charge in [-0.1, -0.05) is 11.6 Å². The van der Waals surface area contributed by atoms with Crippen molar-refractivity contribution >= 4 is 40.1 Å². The van der Waals surface area contributed by atoms with Gasteiger partial charge >= 0.3 is 0 Å². The summed E-state index contributed by atoms with van der Waals surface area (Å²) in [5, 5.41) is 0.570. The Hall–Kier alpha value is -0.370. The van der Waals surface area contributed by atoms with Crippen LogP contribution in [0, 0.1) is 3.57 Å². The molecule has 0 bridgehead atoms. The molecule has 2 rings (SSSR count). The highest BCUT2D eigenvalue weighted by molar-refractivity contribution is 14.1. The summed E-state index contributed by atoms with van der Waals surface area (Å²) in [4.78, 5) is 14.3. The van der Waals surface area contributed by atoms with E-state index in [0.717, 1.165) is 3.57 Å². The monoisotopic (exact) mass is 394 g/mol. The highest BCUT2D eigenvalue weighted by atomic mass is 127. The number of benzene rings is 1. The summed E-state index contributed by atoms with van der Waals surface area (Å²) in [6.07, 6.45) is -0.102. The standard InChI is InChI=1S/C13H16ClIN2O2/c1-8(16)12-7-17(4-5-19-12)13(18)10-6-9(14)2-3-11(10)15/h2-3,6,8,12H,4-5,7,16H2,1H3. The number of morpholine rings is 1. The summed E-state index contributed by atoms with van der Waals surface area (Å²) < 4.78 is 6.46. The van der Waals surface area contributed by atoms with E-state index in [2.05, 4.69) is 22.6 Å². The second-order valence-corrected chi connectivity index (χ2v) is 6.24. The van der Waals surface area contributed by atoms with Crippen LogP contribution >= 0.6 is 34.2 Å². The number of nitrogens with two attached hydrogens (primary N) is 1. The molecule has 104 valence electrons. The molecule has 0 radical (unpaired) electrons. The summed E-state index contributed by atoms with van der Waals surface area (Å²) in [7, 11) is 0. The predicted molar refractivity (Wildman–Crippen MR) is 83.5 cm³/mol. The highest BCUT2D eigenvalue weighted by Gasteiger charge is 2.28. The van der Waals surface area contributed by atoms with Crippen LogP contribution in [0.15, 0.2) is 18.2 Å². The van der Waals surface area contributed by atoms with Crippen LogP contribution in [0.25, 0.3) is 0 Å². The van der Waals surface area contributed by atoms with Crippen molar-refractivity contribution in [2.45, 2.75) is 19.1 Å². The minimum absolute atomic E-state index is 0.0131. The SMILES string of the molecule is CC(N)C1CN(C(=O)c2cc(Cl)ccc2I)CCO1. The molecule has 6 heteroatoms. The van der Waals surface area contributed by atoms with Gasteiger partial charge in [0.15, 0.2) is 0 Å². The fraction of sp³-hybridized carbons (Fsp3) is 0.462. The molecule has 0 spiro atoms. The van der Waals surface area contributed by atoms with Gasteiger partial charge in [-0.2, -0.15) is 0 Å². The molecule has 1 fully saturated rings. The van der Waals surface area contributed by atoms with Crippen LogP contribution in [0.4, 0.5) is 0 Å². The second-order valence-electron chi connectivity index (χ2n) is 4.64. The number of ether oxygens (including phenoxy) is 1. The van der Waals surface area contributed by atoms with Crippen LogP contribution in [0.2, 0.25) is 5.02 Å². The molecule has 1 aromatic carbocycles. The van der Waals surface area contributed by atoms with E-state index in [-0.39, 0.29) is 18.1 Å². The van der Waals surface area contributed by atoms with E-state index >= 15 is 0 Å². The third kappa shape index (κ3) is 3.59. The van der Waals surface area contributed by atoms with Gasteiger partial charge in [0.25, 0.3) is 5.91 Å². The third-order valence-corrected chi connectivity index (χ3v) is 4.30. The molecule has 0 aliphatic carbocycles. The zero-order valence-electron chi connectivity index (χ0n) is 10.6. The molecule has 0 saturated carbocycles. The lowest BCUT2D eigenvalue weighted by Crippen LogP contribution is -2.51. The summed E-state index contributed by atoms with van der Waals surface area (Å²) in [5.74, 6) is -0.0131. The minimum atomic E-state index is -0.102. The first-order valence-electron chi connectivity index (χ1n) is 6.10. The van der Waals surface area contributed by atoms with Gasteiger partial charge in [0.1, 0.15) is 0 Å². The van der Waals surface area contributed by atoms with Crippen molar-refractivity contribution in [1.82, 2.24) is 4.90 Å². The molecule has 4 nitrogen and oxygen atoms in total. The molecule has 1 aromatic rings. The lowest BCUT2D eigenvalue weighted by atomic mass is 10.1. The number of amides is 1. The first-order valence-corrected chi connectivity index (χ1v) is 7.56. The molecule has 1 heterocycles. The van der Waals surface area contributed by atoms with E-state index in [1.165, 1.54) is 0 Å². The Morgan fingerprint density at radius 2 is 2.37 bits per heavy atom. The zero-order valence-corrected chi connectivity index (χ0v) is 13.5. The number of halogens is 2. The van der Waals surface area contributed by atoms with Gasteiger partial charge in [0, 0.05) is 27.7 Å². The molecule has 19 heavy (non-hydrogen) atoms. The molecule has 1 saturated heterocycles. The van der Waals surface area contributed by atoms with Crippen LogP contribution < -0.4 is 5.73 Å². The van der Waals surface area contributed by atoms with Gasteiger partial charge in [0.2, 0.25) is 0 Å². The predicted octanol–water partition coefficient (Wildman–Crippen LogP) is 2.13. The number of nitrogens with zero attached hydrogens (tertiary/aromatic N) is 1. The molecule has 1 aliphatic rings. The van der Waals surface area contributed by atoms with Crippen molar-refractivity contribution in [1.29, 1.82) is 0 Å². The van der Waals surface area contributed by atoms with E-state index in [0.29, 0.717) is 30.3 Å². The van der Waals surface area contributed by atoms with Crippen molar-refractivity contribution < 1.29 is 9.53 Å². The highest BCUT2D eigenvalue weighted by Crippen LogP contribution is 2.21. The maximum atomic E-state index is 12.5. The molecule has 1 amide bonds. The van der Waals surface area contributed by atoms with E-state index in [4.69, 9.17) is 22.1 Å². The largest absolute Gasteiger partial charge is 0.373 e. The van der Waals surface area contributed by atoms with Crippen molar-refractivity contribution in [3.63, 3.8) is 0 Å². The van der Waals surface area contributed by atoms with E-state index in [9.17, 15) is 4.79 Å². The number of carbonyl (C=O) groups excluding carboxylic acids is 1. The Morgan fingerprint density at radius 3 is 3.05 bits per heavy atom. The zero-order chi connectivity index (χ0) is 14.0. The van der Waals surface area contributed by atoms with Crippen molar-refractivity contribution in [2.24, 2.45) is 5.73 Å². The summed E-state index contributed by atoms with van der Waals surface area (Å²) in [6.45, 7) is 3.53. The fourth-order valence-electron chi connectivity index (χ4n) is 2.01. The normalized spacial score (nSPS) is 21.3. The van der Waals surface area contributed by atoms with Gasteiger partial charge in [-0.25, -0.2) is 0 Å². The Balaban J connectivity index is 2.17. The topological polar surface area (TPSA) is 55.6 Å². The van der Waals surface area contributed by atoms with Gasteiger partial charge in [0.05, 0.1) is 18.3 Å². The Kier molecular flexibility index (Phi) is 5.05. The number of carbonyl (C=O) groups is 1. The van der Waals surface area contributed by atoms with Crippen molar-refractivity contribution in [3.05, 3.63) is 32.4 Å². The Labute approximate surface area is 131 Å². The molecule has 2 N–H and O–H groups in total. The van der Waals surface area contributed by atoms with Crippen LogP contribution in [0.3, 0.4) is 0 Å². The molecular weight excluding hydrogens is 379 g/mol. The first kappa shape index (κ1) is 15.0. The fourth-order valence-corrected chi connectivity index (χ4v) is 2.75. The third-order valence-electron chi connectivity index (χ3n) is 3.13. The minimum Gasteiger partial charge on any atom is -0.373 e. The second kappa shape index (κ2) is 6.39. The quantitative estimate of drug-likeness (QED) is 0.782. The van der Waals surface area contributed by atoms with Crippen molar-refractivity contribution in [2.75, 3.05) is 19.7 Å². The molecule has 1 aliphatic heterocycles. The molecule has 2 unspecified atom stereocenters. The number of hydrogen-bond donors (Lipinski definition) is 1. The lowest BCUT2D eigenvalue weighted by Gasteiger charge is -2.35. The lowest BCUT2D eigenvalue weighted by molar-refractivity contribution is -0.0300. The molecular formula is C13H16ClIN2O2. The summed E-state index contributed by atoms with van der Waals surface area (Å²) in [6, 6.07) is 5.25. The van der Waals surface area contributed by atoms with Crippen LogP contribution in [-0.2, 0) is 4.74 Å². The number of hydrogen-bond acceptors (Lipinski definition) is 3. The van der Waals surface area contributed by atoms with Crippen molar-refractivity contribution in [3.8, 4) is 0 Å². The average molecular weight is 395 g/mol. The smallest absolute Gasteiger partial charge is 0.255 e. The van der Waals surface area contributed by atoms with Crippen LogP contribution in [0.1, 0.15) is 17.3 Å². The van der Waals surface area contributed by atoms with E-state index in [1.54, 1.807) is 17.0 Å². The van der Waals surface area contributed by atoms with E-state index < -0.39 is 0 Å². The average Bonchev–Trinajstić information content (AvgIpc) is 2.41. The molecule has 0 aromatic heterocycles. The number of rotatable bonds is 2. The maximum absolute atomic E-state index is 12.5. The van der Waals surface area contributed by atoms with Crippen LogP contribution in [0.5, 0.6) is 0 Å².